The highest BCUT2D eigenvalue weighted by molar-refractivity contribution is 6.62. The average Bonchev–Trinajstić information content (AvgIpc) is 3.24. The summed E-state index contributed by atoms with van der Waals surface area (Å²) in [5.74, 6) is -0.705. The number of rotatable bonds is 5. The summed E-state index contributed by atoms with van der Waals surface area (Å²) in [7, 11) is -0.403. The van der Waals surface area contributed by atoms with Crippen LogP contribution in [-0.4, -0.2) is 29.4 Å². The van der Waals surface area contributed by atoms with Gasteiger partial charge in [-0.2, -0.15) is 0 Å². The summed E-state index contributed by atoms with van der Waals surface area (Å²) >= 11 is 0. The zero-order valence-electron chi connectivity index (χ0n) is 15.3. The third-order valence-corrected chi connectivity index (χ3v) is 5.85. The highest BCUT2D eigenvalue weighted by Crippen LogP contribution is 2.49. The predicted molar refractivity (Wildman–Crippen MR) is 94.7 cm³/mol. The van der Waals surface area contributed by atoms with Crippen molar-refractivity contribution < 1.29 is 19.2 Å². The van der Waals surface area contributed by atoms with E-state index in [9.17, 15) is 9.90 Å². The second kappa shape index (κ2) is 5.60. The molecule has 0 spiro atoms. The molecule has 1 N–H and O–H groups in total. The van der Waals surface area contributed by atoms with Gasteiger partial charge in [0.2, 0.25) is 0 Å². The van der Waals surface area contributed by atoms with Crippen LogP contribution in [0.5, 0.6) is 0 Å². The van der Waals surface area contributed by atoms with Crippen LogP contribution < -0.4 is 5.46 Å². The Balaban J connectivity index is 1.95. The normalized spacial score (nSPS) is 23.3. The van der Waals surface area contributed by atoms with E-state index in [4.69, 9.17) is 9.31 Å². The van der Waals surface area contributed by atoms with Crippen LogP contribution >= 0.6 is 0 Å². The maximum absolute atomic E-state index is 11.7. The molecule has 1 aliphatic carbocycles. The third kappa shape index (κ3) is 2.68. The molecule has 0 aromatic heterocycles. The zero-order valence-corrected chi connectivity index (χ0v) is 15.3. The highest BCUT2D eigenvalue weighted by atomic mass is 16.7. The van der Waals surface area contributed by atoms with E-state index in [2.05, 4.69) is 13.0 Å². The number of carboxylic acids is 1. The highest BCUT2D eigenvalue weighted by Gasteiger charge is 2.54. The average molecular weight is 330 g/mol. The van der Waals surface area contributed by atoms with Gasteiger partial charge < -0.3 is 14.4 Å². The van der Waals surface area contributed by atoms with Crippen LogP contribution in [0.1, 0.15) is 65.0 Å². The van der Waals surface area contributed by atoms with Gasteiger partial charge in [-0.15, -0.1) is 0 Å². The van der Waals surface area contributed by atoms with Crippen LogP contribution in [0.15, 0.2) is 18.2 Å². The summed E-state index contributed by atoms with van der Waals surface area (Å²) in [5, 5.41) is 9.62. The van der Waals surface area contributed by atoms with Gasteiger partial charge in [-0.1, -0.05) is 31.5 Å². The van der Waals surface area contributed by atoms with Crippen molar-refractivity contribution >= 4 is 18.6 Å². The summed E-state index contributed by atoms with van der Waals surface area (Å²) in [5.41, 5.74) is 1.64. The molecular formula is C19H27BO4. The van der Waals surface area contributed by atoms with Crippen molar-refractivity contribution in [1.29, 1.82) is 0 Å². The van der Waals surface area contributed by atoms with Crippen molar-refractivity contribution in [3.8, 4) is 0 Å². The summed E-state index contributed by atoms with van der Waals surface area (Å²) in [4.78, 5) is 11.7. The summed E-state index contributed by atoms with van der Waals surface area (Å²) in [6.45, 7) is 10.3. The van der Waals surface area contributed by atoms with Gasteiger partial charge in [-0.25, -0.2) is 0 Å². The van der Waals surface area contributed by atoms with Gasteiger partial charge in [0.1, 0.15) is 0 Å². The maximum atomic E-state index is 11.7. The maximum Gasteiger partial charge on any atom is 0.494 e. The van der Waals surface area contributed by atoms with Crippen LogP contribution in [0.2, 0.25) is 0 Å². The zero-order chi connectivity index (χ0) is 17.8. The van der Waals surface area contributed by atoms with Gasteiger partial charge in [0.05, 0.1) is 16.6 Å². The number of carbonyl (C=O) groups is 1. The van der Waals surface area contributed by atoms with Crippen LogP contribution in [0.25, 0.3) is 0 Å². The Hall–Kier alpha value is -1.33. The molecule has 0 amide bonds. The Bertz CT molecular complexity index is 645. The van der Waals surface area contributed by atoms with Gasteiger partial charge in [-0.3, -0.25) is 4.79 Å². The molecule has 0 bridgehead atoms. The molecule has 0 atom stereocenters. The first-order valence-corrected chi connectivity index (χ1v) is 8.85. The molecule has 1 saturated carbocycles. The fourth-order valence-corrected chi connectivity index (χ4v) is 3.41. The standard InChI is InChI=1S/C19H27BO4/c1-6-7-13-12-14(20-23-17(2,3)18(4,5)24-20)8-9-15(13)19(10-11-19)16(21)22/h8-9,12H,6-7,10-11H2,1-5H3,(H,21,22). The molecule has 1 heterocycles. The fraction of sp³-hybridized carbons (Fsp3) is 0.632. The Morgan fingerprint density at radius 2 is 1.75 bits per heavy atom. The second-order valence-electron chi connectivity index (χ2n) is 8.14. The lowest BCUT2D eigenvalue weighted by Crippen LogP contribution is -2.41. The molecule has 2 fully saturated rings. The van der Waals surface area contributed by atoms with E-state index in [0.29, 0.717) is 0 Å². The molecule has 2 aliphatic rings. The van der Waals surface area contributed by atoms with Crippen LogP contribution in [0.4, 0.5) is 0 Å². The van der Waals surface area contributed by atoms with Gasteiger partial charge in [0, 0.05) is 0 Å². The molecule has 1 aromatic rings. The van der Waals surface area contributed by atoms with Crippen LogP contribution in [0, 0.1) is 0 Å². The number of benzene rings is 1. The van der Waals surface area contributed by atoms with Crippen LogP contribution in [0.3, 0.4) is 0 Å². The molecule has 130 valence electrons. The minimum atomic E-state index is -0.705. The first kappa shape index (κ1) is 17.5. The van der Waals surface area contributed by atoms with E-state index < -0.39 is 18.5 Å². The fourth-order valence-electron chi connectivity index (χ4n) is 3.41. The Morgan fingerprint density at radius 3 is 2.21 bits per heavy atom. The smallest absolute Gasteiger partial charge is 0.481 e. The first-order valence-electron chi connectivity index (χ1n) is 8.85. The lowest BCUT2D eigenvalue weighted by atomic mass is 9.76. The van der Waals surface area contributed by atoms with Crippen molar-refractivity contribution in [1.82, 2.24) is 0 Å². The van der Waals surface area contributed by atoms with E-state index in [1.807, 2.05) is 39.8 Å². The monoisotopic (exact) mass is 330 g/mol. The molecule has 0 radical (unpaired) electrons. The molecular weight excluding hydrogens is 303 g/mol. The lowest BCUT2D eigenvalue weighted by molar-refractivity contribution is -0.140. The Kier molecular flexibility index (Phi) is 4.08. The van der Waals surface area contributed by atoms with Gasteiger partial charge >= 0.3 is 13.1 Å². The number of aryl methyl sites for hydroxylation is 1. The third-order valence-electron chi connectivity index (χ3n) is 5.85. The molecule has 24 heavy (non-hydrogen) atoms. The number of hydrogen-bond donors (Lipinski definition) is 1. The minimum absolute atomic E-state index is 0.375. The summed E-state index contributed by atoms with van der Waals surface area (Å²) in [6, 6.07) is 6.04. The molecule has 3 rings (SSSR count). The first-order chi connectivity index (χ1) is 11.1. The second-order valence-corrected chi connectivity index (χ2v) is 8.14. The van der Waals surface area contributed by atoms with Crippen molar-refractivity contribution in [3.05, 3.63) is 29.3 Å². The van der Waals surface area contributed by atoms with Gasteiger partial charge in [0.15, 0.2) is 0 Å². The molecule has 0 unspecified atom stereocenters. The van der Waals surface area contributed by atoms with Crippen molar-refractivity contribution in [2.24, 2.45) is 0 Å². The molecule has 1 aliphatic heterocycles. The minimum Gasteiger partial charge on any atom is -0.481 e. The molecule has 1 aromatic carbocycles. The molecule has 5 heteroatoms. The Morgan fingerprint density at radius 1 is 1.17 bits per heavy atom. The topological polar surface area (TPSA) is 55.8 Å². The van der Waals surface area contributed by atoms with E-state index in [1.165, 1.54) is 0 Å². The largest absolute Gasteiger partial charge is 0.494 e. The van der Waals surface area contributed by atoms with Crippen LogP contribution in [-0.2, 0) is 25.9 Å². The Labute approximate surface area is 144 Å². The van der Waals surface area contributed by atoms with Crippen molar-refractivity contribution in [3.63, 3.8) is 0 Å². The van der Waals surface area contributed by atoms with Gasteiger partial charge in [-0.05, 0) is 63.5 Å². The molecule has 4 nitrogen and oxygen atoms in total. The number of carboxylic acid groups (broad SMARTS) is 1. The molecule has 1 saturated heterocycles. The van der Waals surface area contributed by atoms with E-state index in [1.54, 1.807) is 0 Å². The predicted octanol–water partition coefficient (Wildman–Crippen LogP) is 3.05. The van der Waals surface area contributed by atoms with E-state index in [-0.39, 0.29) is 11.2 Å². The van der Waals surface area contributed by atoms with E-state index >= 15 is 0 Å². The van der Waals surface area contributed by atoms with Crippen molar-refractivity contribution in [2.45, 2.75) is 76.9 Å². The summed E-state index contributed by atoms with van der Waals surface area (Å²) in [6.07, 6.45) is 3.32. The number of hydrogen-bond acceptors (Lipinski definition) is 3. The summed E-state index contributed by atoms with van der Waals surface area (Å²) < 4.78 is 12.3. The van der Waals surface area contributed by atoms with Crippen molar-refractivity contribution in [2.75, 3.05) is 0 Å². The van der Waals surface area contributed by atoms with E-state index in [0.717, 1.165) is 42.3 Å². The SMILES string of the molecule is CCCc1cc(B2OC(C)(C)C(C)(C)O2)ccc1C1(C(=O)O)CC1. The lowest BCUT2D eigenvalue weighted by Gasteiger charge is -2.32. The van der Waals surface area contributed by atoms with Gasteiger partial charge in [0.25, 0.3) is 0 Å². The quantitative estimate of drug-likeness (QED) is 0.843. The number of aliphatic carboxylic acids is 1.